The summed E-state index contributed by atoms with van der Waals surface area (Å²) in [5, 5.41) is 7.13. The minimum Gasteiger partial charge on any atom is -0.448 e. The van der Waals surface area contributed by atoms with Gasteiger partial charge in [0.15, 0.2) is 17.4 Å². The zero-order valence-corrected chi connectivity index (χ0v) is 24.5. The Morgan fingerprint density at radius 2 is 1.81 bits per heavy atom. The average molecular weight is 588 g/mol. The van der Waals surface area contributed by atoms with Gasteiger partial charge in [0.05, 0.1) is 23.3 Å². The highest BCUT2D eigenvalue weighted by atomic mass is 16.3. The third-order valence-electron chi connectivity index (χ3n) is 8.44. The summed E-state index contributed by atoms with van der Waals surface area (Å²) < 4.78 is 6.83. The monoisotopic (exact) mass is 587 g/mol. The van der Waals surface area contributed by atoms with E-state index in [0.717, 1.165) is 43.6 Å². The number of hydrogen-bond donors (Lipinski definition) is 1. The van der Waals surface area contributed by atoms with Crippen LogP contribution in [-0.2, 0) is 11.8 Å². The van der Waals surface area contributed by atoms with E-state index in [0.29, 0.717) is 69.1 Å². The number of oxazole rings is 1. The first-order valence-corrected chi connectivity index (χ1v) is 15.1. The lowest BCUT2D eigenvalue weighted by Gasteiger charge is -2.38. The number of rotatable bonds is 11. The van der Waals surface area contributed by atoms with Crippen LogP contribution in [0.2, 0.25) is 0 Å². The second kappa shape index (κ2) is 12.4. The minimum absolute atomic E-state index is 0.00442. The number of aryl methyl sites for hydroxylation is 1. The maximum absolute atomic E-state index is 13.2. The maximum Gasteiger partial charge on any atom is 0.277 e. The van der Waals surface area contributed by atoms with E-state index in [4.69, 9.17) is 4.42 Å². The highest BCUT2D eigenvalue weighted by Gasteiger charge is 2.30. The number of aromatic nitrogens is 3. The van der Waals surface area contributed by atoms with Crippen molar-refractivity contribution in [2.24, 2.45) is 7.05 Å². The number of Topliss-reactive ketones (excluding diaryl/α,β-unsaturated/α-hetero) is 1. The Morgan fingerprint density at radius 1 is 1.02 bits per heavy atom. The van der Waals surface area contributed by atoms with Crippen molar-refractivity contribution in [1.82, 2.24) is 19.7 Å². The van der Waals surface area contributed by atoms with Gasteiger partial charge in [0.1, 0.15) is 6.26 Å². The summed E-state index contributed by atoms with van der Waals surface area (Å²) in [7, 11) is 1.62. The highest BCUT2D eigenvalue weighted by Crippen LogP contribution is 2.39. The summed E-state index contributed by atoms with van der Waals surface area (Å²) in [4.78, 5) is 60.9. The second-order valence-electron chi connectivity index (χ2n) is 11.5. The molecule has 6 rings (SSSR count). The van der Waals surface area contributed by atoms with Crippen molar-refractivity contribution in [3.05, 3.63) is 64.2 Å². The molecule has 0 radical (unpaired) electrons. The van der Waals surface area contributed by atoms with E-state index in [2.05, 4.69) is 25.2 Å². The average Bonchev–Trinajstić information content (AvgIpc) is 3.60. The number of hydrogen-bond acceptors (Lipinski definition) is 9. The van der Waals surface area contributed by atoms with E-state index in [1.807, 2.05) is 17.0 Å². The number of piperazine rings is 1. The molecule has 43 heavy (non-hydrogen) atoms. The Morgan fingerprint density at radius 3 is 2.53 bits per heavy atom. The Kier molecular flexibility index (Phi) is 8.26. The fourth-order valence-electron chi connectivity index (χ4n) is 5.69. The summed E-state index contributed by atoms with van der Waals surface area (Å²) in [6.07, 6.45) is 8.48. The molecule has 4 heterocycles. The molecule has 12 heteroatoms. The third kappa shape index (κ3) is 6.63. The Balaban J connectivity index is 1.15. The van der Waals surface area contributed by atoms with Gasteiger partial charge in [-0.1, -0.05) is 0 Å². The van der Waals surface area contributed by atoms with Crippen molar-refractivity contribution in [2.45, 2.75) is 50.9 Å². The number of anilines is 3. The van der Waals surface area contributed by atoms with Crippen molar-refractivity contribution < 1.29 is 18.8 Å². The fraction of sp³-hybridized carbons (Fsp3) is 0.484. The molecule has 226 valence electrons. The van der Waals surface area contributed by atoms with Crippen molar-refractivity contribution in [3.8, 4) is 0 Å². The van der Waals surface area contributed by atoms with Crippen molar-refractivity contribution in [2.75, 3.05) is 54.4 Å². The predicted molar refractivity (Wildman–Crippen MR) is 161 cm³/mol. The van der Waals surface area contributed by atoms with E-state index in [-0.39, 0.29) is 34.8 Å². The molecule has 2 aromatic heterocycles. The Labute approximate surface area is 249 Å². The van der Waals surface area contributed by atoms with Gasteiger partial charge in [-0.25, -0.2) is 9.67 Å². The van der Waals surface area contributed by atoms with E-state index in [9.17, 15) is 19.2 Å². The molecule has 3 fully saturated rings. The Hall–Kier alpha value is -4.48. The van der Waals surface area contributed by atoms with Crippen LogP contribution in [0.25, 0.3) is 0 Å². The summed E-state index contributed by atoms with van der Waals surface area (Å²) in [6.45, 7) is 4.12. The first-order chi connectivity index (χ1) is 20.9. The van der Waals surface area contributed by atoms with Gasteiger partial charge in [0.25, 0.3) is 11.5 Å². The summed E-state index contributed by atoms with van der Waals surface area (Å²) in [5.74, 6) is 0.685. The molecule has 0 spiro atoms. The van der Waals surface area contributed by atoms with Gasteiger partial charge < -0.3 is 24.4 Å². The first-order valence-electron chi connectivity index (χ1n) is 15.1. The van der Waals surface area contributed by atoms with Gasteiger partial charge in [-0.3, -0.25) is 19.2 Å². The van der Waals surface area contributed by atoms with Gasteiger partial charge in [0, 0.05) is 76.7 Å². The number of carbonyl (C=O) groups is 3. The Bertz CT molecular complexity index is 1570. The quantitative estimate of drug-likeness (QED) is 0.265. The van der Waals surface area contributed by atoms with Crippen molar-refractivity contribution >= 4 is 34.7 Å². The molecule has 3 aliphatic rings. The fourth-order valence-corrected chi connectivity index (χ4v) is 5.69. The lowest BCUT2D eigenvalue weighted by molar-refractivity contribution is -0.127. The van der Waals surface area contributed by atoms with Crippen LogP contribution in [0, 0.1) is 0 Å². The summed E-state index contributed by atoms with van der Waals surface area (Å²) in [5.41, 5.74) is 2.71. The molecule has 2 aliphatic heterocycles. The summed E-state index contributed by atoms with van der Waals surface area (Å²) >= 11 is 0. The number of nitrogens with one attached hydrogen (secondary N) is 1. The van der Waals surface area contributed by atoms with Gasteiger partial charge in [-0.05, 0) is 50.3 Å². The molecule has 0 bridgehead atoms. The number of nitrogens with zero attached hydrogens (tertiary/aromatic N) is 6. The number of amides is 2. The SMILES string of the molecule is Cn1ncc(N2CCN(c3ccc(C(=O)CCCCN4CCCC4=O)cc3NC(=O)c3coc(C4CC4)n3)CC2)cc1=O. The number of unbranched alkanes of at least 4 members (excludes halogenated alkanes) is 1. The molecular formula is C31H37N7O5. The molecule has 3 aromatic rings. The lowest BCUT2D eigenvalue weighted by atomic mass is 10.0. The van der Waals surface area contributed by atoms with Crippen LogP contribution in [0.4, 0.5) is 17.1 Å². The minimum atomic E-state index is -0.387. The first kappa shape index (κ1) is 28.6. The van der Waals surface area contributed by atoms with Crippen molar-refractivity contribution in [3.63, 3.8) is 0 Å². The molecule has 0 unspecified atom stereocenters. The molecule has 0 atom stereocenters. The summed E-state index contributed by atoms with van der Waals surface area (Å²) in [6, 6.07) is 7.04. The zero-order chi connectivity index (χ0) is 29.9. The largest absolute Gasteiger partial charge is 0.448 e. The van der Waals surface area contributed by atoms with Crippen LogP contribution >= 0.6 is 0 Å². The van der Waals surface area contributed by atoms with Crippen molar-refractivity contribution in [1.29, 1.82) is 0 Å². The molecule has 1 aliphatic carbocycles. The number of likely N-dealkylation sites (tertiary alicyclic amines) is 1. The van der Waals surface area contributed by atoms with Gasteiger partial charge in [-0.15, -0.1) is 0 Å². The van der Waals surface area contributed by atoms with E-state index < -0.39 is 0 Å². The molecular weight excluding hydrogens is 550 g/mol. The maximum atomic E-state index is 13.2. The van der Waals surface area contributed by atoms with Crippen LogP contribution in [0.3, 0.4) is 0 Å². The third-order valence-corrected chi connectivity index (χ3v) is 8.44. The van der Waals surface area contributed by atoms with Crippen LogP contribution in [-0.4, -0.2) is 76.5 Å². The second-order valence-corrected chi connectivity index (χ2v) is 11.5. The molecule has 12 nitrogen and oxygen atoms in total. The zero-order valence-electron chi connectivity index (χ0n) is 24.5. The van der Waals surface area contributed by atoms with E-state index in [1.165, 1.54) is 10.9 Å². The molecule has 1 N–H and O–H groups in total. The number of benzene rings is 1. The van der Waals surface area contributed by atoms with Crippen LogP contribution in [0.15, 0.2) is 45.9 Å². The molecule has 2 saturated heterocycles. The normalized spacial score (nSPS) is 17.0. The van der Waals surface area contributed by atoms with Crippen LogP contribution in [0.5, 0.6) is 0 Å². The lowest BCUT2D eigenvalue weighted by Crippen LogP contribution is -2.47. The van der Waals surface area contributed by atoms with Crippen LogP contribution < -0.4 is 20.7 Å². The van der Waals surface area contributed by atoms with Gasteiger partial charge in [0.2, 0.25) is 5.91 Å². The van der Waals surface area contributed by atoms with Gasteiger partial charge >= 0.3 is 0 Å². The van der Waals surface area contributed by atoms with Gasteiger partial charge in [-0.2, -0.15) is 5.10 Å². The molecule has 1 aromatic carbocycles. The molecule has 2 amide bonds. The molecule has 1 saturated carbocycles. The smallest absolute Gasteiger partial charge is 0.277 e. The topological polar surface area (TPSA) is 134 Å². The van der Waals surface area contributed by atoms with E-state index >= 15 is 0 Å². The number of carbonyl (C=O) groups excluding carboxylic acids is 3. The number of ketones is 1. The predicted octanol–water partition coefficient (Wildman–Crippen LogP) is 3.20. The highest BCUT2D eigenvalue weighted by molar-refractivity contribution is 6.06. The van der Waals surface area contributed by atoms with E-state index in [1.54, 1.807) is 25.4 Å². The van der Waals surface area contributed by atoms with Crippen LogP contribution in [0.1, 0.15) is 77.6 Å². The standard InChI is InChI=1S/C31H37N7O5/c1-35-29(41)18-23(19-32-35)36-13-15-37(16-14-36)26-10-9-22(27(39)5-2-3-11-38-12-4-6-28(38)40)17-24(26)33-30(42)25-20-43-31(34-25)21-7-8-21/h9-10,17-21H,2-8,11-16H2,1H3,(H,33,42).